The van der Waals surface area contributed by atoms with E-state index in [4.69, 9.17) is 5.10 Å². The number of fused-ring (bicyclic) bond motifs is 3. The van der Waals surface area contributed by atoms with E-state index < -0.39 is 0 Å². The van der Waals surface area contributed by atoms with Crippen LogP contribution in [-0.2, 0) is 16.8 Å². The minimum atomic E-state index is 0.0922. The summed E-state index contributed by atoms with van der Waals surface area (Å²) in [5, 5.41) is 6.03. The van der Waals surface area contributed by atoms with Crippen LogP contribution in [0.15, 0.2) is 42.6 Å². The maximum atomic E-state index is 12.7. The molecule has 1 amide bonds. The van der Waals surface area contributed by atoms with E-state index in [9.17, 15) is 4.79 Å². The van der Waals surface area contributed by atoms with Crippen LogP contribution in [-0.4, -0.2) is 38.7 Å². The minimum Gasteiger partial charge on any atom is -0.341 e. The van der Waals surface area contributed by atoms with Crippen molar-refractivity contribution in [3.8, 4) is 11.3 Å². The first-order valence-electron chi connectivity index (χ1n) is 10.4. The summed E-state index contributed by atoms with van der Waals surface area (Å²) in [5.74, 6) is 0.681. The van der Waals surface area contributed by atoms with Crippen molar-refractivity contribution < 1.29 is 4.79 Å². The Balaban J connectivity index is 1.31. The summed E-state index contributed by atoms with van der Waals surface area (Å²) in [6.07, 6.45) is 7.46. The highest BCUT2D eigenvalue weighted by atomic mass is 16.2. The van der Waals surface area contributed by atoms with Crippen molar-refractivity contribution in [1.29, 1.82) is 0 Å². The number of pyridine rings is 1. The largest absolute Gasteiger partial charge is 0.341 e. The lowest BCUT2D eigenvalue weighted by molar-refractivity contribution is -0.137. The third-order valence-electron chi connectivity index (χ3n) is 7.13. The van der Waals surface area contributed by atoms with Gasteiger partial charge in [0.05, 0.1) is 11.2 Å². The summed E-state index contributed by atoms with van der Waals surface area (Å²) < 4.78 is 2.17. The zero-order chi connectivity index (χ0) is 18.7. The molecule has 0 bridgehead atoms. The SMILES string of the molecule is O=C(C1CCC1)N1CCC2(CCn3nc(-c4cnc5ccccc5c4)cc32)C1. The number of hydrogen-bond donors (Lipinski definition) is 0. The van der Waals surface area contributed by atoms with Crippen LogP contribution in [0.1, 0.15) is 37.8 Å². The molecule has 5 heteroatoms. The van der Waals surface area contributed by atoms with Gasteiger partial charge in [0.25, 0.3) is 0 Å². The quantitative estimate of drug-likeness (QED) is 0.688. The zero-order valence-electron chi connectivity index (χ0n) is 16.0. The van der Waals surface area contributed by atoms with Gasteiger partial charge in [-0.2, -0.15) is 5.10 Å². The van der Waals surface area contributed by atoms with Gasteiger partial charge in [-0.25, -0.2) is 0 Å². The predicted octanol–water partition coefficient (Wildman–Crippen LogP) is 3.77. The highest BCUT2D eigenvalue weighted by Gasteiger charge is 2.47. The van der Waals surface area contributed by atoms with Crippen LogP contribution < -0.4 is 0 Å². The summed E-state index contributed by atoms with van der Waals surface area (Å²) in [6.45, 7) is 2.71. The molecule has 3 aromatic rings. The second kappa shape index (κ2) is 5.90. The minimum absolute atomic E-state index is 0.0922. The van der Waals surface area contributed by atoms with Crippen molar-refractivity contribution in [1.82, 2.24) is 19.7 Å². The van der Waals surface area contributed by atoms with E-state index in [1.807, 2.05) is 24.4 Å². The molecule has 2 aromatic heterocycles. The molecule has 2 aliphatic heterocycles. The van der Waals surface area contributed by atoms with Crippen LogP contribution >= 0.6 is 0 Å². The first kappa shape index (κ1) is 16.3. The standard InChI is InChI=1S/C23H24N4O/c28-22(16-5-3-6-16)26-10-8-23(15-26)9-11-27-21(23)13-20(25-27)18-12-17-4-1-2-7-19(17)24-14-18/h1-2,4,7,12-14,16H,3,5-6,8-11,15H2. The summed E-state index contributed by atoms with van der Waals surface area (Å²) in [6, 6.07) is 12.6. The Morgan fingerprint density at radius 3 is 2.82 bits per heavy atom. The molecule has 28 heavy (non-hydrogen) atoms. The second-order valence-electron chi connectivity index (χ2n) is 8.72. The van der Waals surface area contributed by atoms with Crippen LogP contribution in [0, 0.1) is 5.92 Å². The van der Waals surface area contributed by atoms with E-state index in [1.54, 1.807) is 0 Å². The van der Waals surface area contributed by atoms with Crippen molar-refractivity contribution in [2.24, 2.45) is 5.92 Å². The molecule has 0 radical (unpaired) electrons. The summed E-state index contributed by atoms with van der Waals surface area (Å²) in [7, 11) is 0. The van der Waals surface area contributed by atoms with Crippen molar-refractivity contribution >= 4 is 16.8 Å². The van der Waals surface area contributed by atoms with Gasteiger partial charge in [-0.1, -0.05) is 24.6 Å². The average molecular weight is 372 g/mol. The Bertz CT molecular complexity index is 1080. The fourth-order valence-electron chi connectivity index (χ4n) is 5.20. The molecule has 3 aliphatic rings. The Morgan fingerprint density at radius 1 is 1.11 bits per heavy atom. The van der Waals surface area contributed by atoms with Crippen LogP contribution in [0.3, 0.4) is 0 Å². The van der Waals surface area contributed by atoms with Crippen molar-refractivity contribution in [2.45, 2.75) is 44.1 Å². The van der Waals surface area contributed by atoms with Crippen LogP contribution in [0.25, 0.3) is 22.2 Å². The summed E-state index contributed by atoms with van der Waals surface area (Å²) >= 11 is 0. The third-order valence-corrected chi connectivity index (χ3v) is 7.13. The Morgan fingerprint density at radius 2 is 1.96 bits per heavy atom. The number of rotatable bonds is 2. The Hall–Kier alpha value is -2.69. The molecular weight excluding hydrogens is 348 g/mol. The lowest BCUT2D eigenvalue weighted by atomic mass is 9.82. The van der Waals surface area contributed by atoms with Crippen molar-refractivity contribution in [3.63, 3.8) is 0 Å². The van der Waals surface area contributed by atoms with Crippen molar-refractivity contribution in [2.75, 3.05) is 13.1 Å². The molecule has 1 saturated heterocycles. The molecule has 2 fully saturated rings. The third kappa shape index (κ3) is 2.35. The van der Waals surface area contributed by atoms with Gasteiger partial charge in [-0.05, 0) is 43.9 Å². The van der Waals surface area contributed by atoms with Gasteiger partial charge in [0.1, 0.15) is 0 Å². The number of carbonyl (C=O) groups is 1. The molecule has 1 aliphatic carbocycles. The number of amides is 1. The highest BCUT2D eigenvalue weighted by Crippen LogP contribution is 2.44. The van der Waals surface area contributed by atoms with E-state index in [0.29, 0.717) is 11.8 Å². The number of carbonyl (C=O) groups excluding carboxylic acids is 1. The van der Waals surface area contributed by atoms with Crippen LogP contribution in [0.2, 0.25) is 0 Å². The predicted molar refractivity (Wildman–Crippen MR) is 108 cm³/mol. The van der Waals surface area contributed by atoms with Crippen LogP contribution in [0.4, 0.5) is 0 Å². The first-order valence-corrected chi connectivity index (χ1v) is 10.4. The molecular formula is C23H24N4O. The molecule has 1 aromatic carbocycles. The number of para-hydroxylation sites is 1. The number of benzene rings is 1. The number of hydrogen-bond acceptors (Lipinski definition) is 3. The van der Waals surface area contributed by atoms with Gasteiger partial charge >= 0.3 is 0 Å². The number of nitrogens with zero attached hydrogens (tertiary/aromatic N) is 4. The molecule has 0 N–H and O–H groups in total. The zero-order valence-corrected chi connectivity index (χ0v) is 16.0. The lowest BCUT2D eigenvalue weighted by Crippen LogP contribution is -2.39. The van der Waals surface area contributed by atoms with Crippen LogP contribution in [0.5, 0.6) is 0 Å². The molecule has 5 nitrogen and oxygen atoms in total. The maximum Gasteiger partial charge on any atom is 0.225 e. The Labute approximate surface area is 164 Å². The van der Waals surface area contributed by atoms with Gasteiger partial charge in [-0.3, -0.25) is 14.5 Å². The molecule has 6 rings (SSSR count). The topological polar surface area (TPSA) is 51.0 Å². The van der Waals surface area contributed by atoms with E-state index in [1.165, 1.54) is 12.1 Å². The number of aromatic nitrogens is 3. The monoisotopic (exact) mass is 372 g/mol. The van der Waals surface area contributed by atoms with E-state index in [2.05, 4.69) is 32.8 Å². The molecule has 4 heterocycles. The van der Waals surface area contributed by atoms with Gasteiger partial charge in [0, 0.05) is 53.8 Å². The molecule has 1 unspecified atom stereocenters. The number of aryl methyl sites for hydroxylation is 1. The van der Waals surface area contributed by atoms with E-state index >= 15 is 0 Å². The van der Waals surface area contributed by atoms with Gasteiger partial charge < -0.3 is 4.90 Å². The van der Waals surface area contributed by atoms with Gasteiger partial charge in [-0.15, -0.1) is 0 Å². The summed E-state index contributed by atoms with van der Waals surface area (Å²) in [4.78, 5) is 19.5. The molecule has 1 atom stereocenters. The molecule has 1 saturated carbocycles. The fourth-order valence-corrected chi connectivity index (χ4v) is 5.20. The van der Waals surface area contributed by atoms with Gasteiger partial charge in [0.15, 0.2) is 0 Å². The molecule has 1 spiro atoms. The summed E-state index contributed by atoms with van der Waals surface area (Å²) in [5.41, 5.74) is 4.47. The highest BCUT2D eigenvalue weighted by molar-refractivity contribution is 5.83. The second-order valence-corrected chi connectivity index (χ2v) is 8.72. The Kier molecular flexibility index (Phi) is 3.43. The van der Waals surface area contributed by atoms with E-state index in [-0.39, 0.29) is 5.41 Å². The lowest BCUT2D eigenvalue weighted by Gasteiger charge is -2.30. The van der Waals surface area contributed by atoms with E-state index in [0.717, 1.165) is 67.5 Å². The maximum absolute atomic E-state index is 12.7. The normalized spacial score (nSPS) is 24.1. The van der Waals surface area contributed by atoms with Gasteiger partial charge in [0.2, 0.25) is 5.91 Å². The number of likely N-dealkylation sites (tertiary alicyclic amines) is 1. The fraction of sp³-hybridized carbons (Fsp3) is 0.435. The average Bonchev–Trinajstić information content (AvgIpc) is 3.37. The molecule has 142 valence electrons. The smallest absolute Gasteiger partial charge is 0.225 e. The first-order chi connectivity index (χ1) is 13.7. The van der Waals surface area contributed by atoms with Crippen molar-refractivity contribution in [3.05, 3.63) is 48.3 Å².